The van der Waals surface area contributed by atoms with Crippen LogP contribution >= 0.6 is 11.6 Å². The van der Waals surface area contributed by atoms with Crippen molar-refractivity contribution in [2.45, 2.75) is 32.2 Å². The van der Waals surface area contributed by atoms with E-state index in [-0.39, 0.29) is 0 Å². The van der Waals surface area contributed by atoms with Crippen LogP contribution in [0.5, 0.6) is 0 Å². The number of anilines is 1. The predicted molar refractivity (Wildman–Crippen MR) is 72.8 cm³/mol. The zero-order valence-corrected chi connectivity index (χ0v) is 11.1. The van der Waals surface area contributed by atoms with Gasteiger partial charge >= 0.3 is 0 Å². The molecule has 0 aromatic carbocycles. The van der Waals surface area contributed by atoms with Crippen LogP contribution in [-0.4, -0.2) is 30.7 Å². The number of nitrogens with one attached hydrogen (secondary N) is 1. The molecule has 1 atom stereocenters. The predicted octanol–water partition coefficient (Wildman–Crippen LogP) is 2.70. The highest BCUT2D eigenvalue weighted by Crippen LogP contribution is 2.26. The van der Waals surface area contributed by atoms with Gasteiger partial charge in [0.1, 0.15) is 5.82 Å². The Bertz CT molecular complexity index is 350. The minimum Gasteiger partial charge on any atom is -0.351 e. The third kappa shape index (κ3) is 3.11. The second-order valence-electron chi connectivity index (χ2n) is 4.50. The van der Waals surface area contributed by atoms with Gasteiger partial charge in [0, 0.05) is 25.3 Å². The first kappa shape index (κ1) is 12.7. The van der Waals surface area contributed by atoms with Crippen molar-refractivity contribution < 1.29 is 0 Å². The molecule has 0 amide bonds. The van der Waals surface area contributed by atoms with Crippen molar-refractivity contribution in [1.82, 2.24) is 10.3 Å². The number of nitrogens with zero attached hydrogens (tertiary/aromatic N) is 2. The van der Waals surface area contributed by atoms with E-state index in [1.165, 1.54) is 12.8 Å². The number of aromatic nitrogens is 1. The maximum absolute atomic E-state index is 6.25. The molecule has 0 saturated carbocycles. The van der Waals surface area contributed by atoms with Gasteiger partial charge in [-0.1, -0.05) is 18.5 Å². The molecule has 4 heteroatoms. The Morgan fingerprint density at radius 3 is 3.12 bits per heavy atom. The zero-order valence-electron chi connectivity index (χ0n) is 10.3. The number of rotatable bonds is 4. The quantitative estimate of drug-likeness (QED) is 0.894. The van der Waals surface area contributed by atoms with Crippen molar-refractivity contribution in [2.24, 2.45) is 0 Å². The van der Waals surface area contributed by atoms with Crippen LogP contribution in [0.1, 0.15) is 26.2 Å². The smallest absolute Gasteiger partial charge is 0.147 e. The van der Waals surface area contributed by atoms with Crippen molar-refractivity contribution >= 4 is 17.4 Å². The molecule has 1 unspecified atom stereocenters. The second-order valence-corrected chi connectivity index (χ2v) is 4.91. The van der Waals surface area contributed by atoms with Crippen LogP contribution in [-0.2, 0) is 0 Å². The van der Waals surface area contributed by atoms with E-state index in [1.54, 1.807) is 0 Å². The molecule has 1 aromatic heterocycles. The van der Waals surface area contributed by atoms with E-state index in [1.807, 2.05) is 18.3 Å². The minimum atomic E-state index is 0.524. The summed E-state index contributed by atoms with van der Waals surface area (Å²) in [4.78, 5) is 6.79. The molecular weight excluding hydrogens is 234 g/mol. The summed E-state index contributed by atoms with van der Waals surface area (Å²) in [6.07, 6.45) is 5.39. The van der Waals surface area contributed by atoms with Gasteiger partial charge in [0.25, 0.3) is 0 Å². The molecule has 94 valence electrons. The molecule has 17 heavy (non-hydrogen) atoms. The average molecular weight is 254 g/mol. The van der Waals surface area contributed by atoms with Gasteiger partial charge in [0.05, 0.1) is 5.02 Å². The molecule has 2 rings (SSSR count). The van der Waals surface area contributed by atoms with E-state index in [9.17, 15) is 0 Å². The minimum absolute atomic E-state index is 0.524. The number of pyridine rings is 1. The maximum atomic E-state index is 6.25. The number of hydrogen-bond donors (Lipinski definition) is 1. The van der Waals surface area contributed by atoms with E-state index in [0.717, 1.165) is 36.9 Å². The summed E-state index contributed by atoms with van der Waals surface area (Å²) in [6.45, 7) is 5.38. The fraction of sp³-hybridized carbons (Fsp3) is 0.615. The second kappa shape index (κ2) is 6.22. The van der Waals surface area contributed by atoms with Gasteiger partial charge in [-0.15, -0.1) is 0 Å². The van der Waals surface area contributed by atoms with E-state index in [2.05, 4.69) is 22.1 Å². The topological polar surface area (TPSA) is 28.2 Å². The Hall–Kier alpha value is -0.800. The Kier molecular flexibility index (Phi) is 4.63. The summed E-state index contributed by atoms with van der Waals surface area (Å²) in [5.41, 5.74) is 0. The van der Waals surface area contributed by atoms with Crippen LogP contribution < -0.4 is 10.2 Å². The molecule has 1 aliphatic heterocycles. The van der Waals surface area contributed by atoms with Crippen molar-refractivity contribution in [3.05, 3.63) is 23.4 Å². The first-order valence-corrected chi connectivity index (χ1v) is 6.78. The highest BCUT2D eigenvalue weighted by molar-refractivity contribution is 6.32. The lowest BCUT2D eigenvalue weighted by Gasteiger charge is -2.35. The van der Waals surface area contributed by atoms with Crippen molar-refractivity contribution in [3.63, 3.8) is 0 Å². The van der Waals surface area contributed by atoms with Crippen molar-refractivity contribution in [3.8, 4) is 0 Å². The van der Waals surface area contributed by atoms with E-state index in [0.29, 0.717) is 6.04 Å². The maximum Gasteiger partial charge on any atom is 0.147 e. The lowest BCUT2D eigenvalue weighted by molar-refractivity contribution is 0.429. The van der Waals surface area contributed by atoms with E-state index < -0.39 is 0 Å². The van der Waals surface area contributed by atoms with Crippen LogP contribution in [0.4, 0.5) is 5.82 Å². The molecule has 1 N–H and O–H groups in total. The lowest BCUT2D eigenvalue weighted by Crippen LogP contribution is -2.47. The van der Waals surface area contributed by atoms with Gasteiger partial charge in [-0.05, 0) is 37.9 Å². The number of hydrogen-bond acceptors (Lipinski definition) is 3. The Labute approximate surface area is 108 Å². The molecule has 0 bridgehead atoms. The van der Waals surface area contributed by atoms with Gasteiger partial charge in [0.2, 0.25) is 0 Å². The molecule has 1 saturated heterocycles. The molecule has 2 heterocycles. The molecule has 0 radical (unpaired) electrons. The third-order valence-corrected chi connectivity index (χ3v) is 3.48. The normalized spacial score (nSPS) is 20.2. The fourth-order valence-electron chi connectivity index (χ4n) is 2.39. The molecule has 0 aliphatic carbocycles. The Morgan fingerprint density at radius 1 is 1.59 bits per heavy atom. The number of halogens is 1. The van der Waals surface area contributed by atoms with Crippen molar-refractivity contribution in [2.75, 3.05) is 24.5 Å². The largest absolute Gasteiger partial charge is 0.351 e. The van der Waals surface area contributed by atoms with Gasteiger partial charge in [-0.2, -0.15) is 0 Å². The first-order chi connectivity index (χ1) is 8.33. The molecule has 3 nitrogen and oxygen atoms in total. The molecule has 1 aromatic rings. The molecule has 1 fully saturated rings. The van der Waals surface area contributed by atoms with E-state index in [4.69, 9.17) is 11.6 Å². The summed E-state index contributed by atoms with van der Waals surface area (Å²) >= 11 is 6.25. The summed E-state index contributed by atoms with van der Waals surface area (Å²) in [5.74, 6) is 0.935. The summed E-state index contributed by atoms with van der Waals surface area (Å²) < 4.78 is 0. The summed E-state index contributed by atoms with van der Waals surface area (Å²) in [5, 5.41) is 4.21. The van der Waals surface area contributed by atoms with Crippen LogP contribution in [0.15, 0.2) is 18.3 Å². The monoisotopic (exact) mass is 253 g/mol. The molecule has 1 aliphatic rings. The molecular formula is C13H20ClN3. The first-order valence-electron chi connectivity index (χ1n) is 6.40. The van der Waals surface area contributed by atoms with Crippen LogP contribution in [0.3, 0.4) is 0 Å². The van der Waals surface area contributed by atoms with Gasteiger partial charge < -0.3 is 10.2 Å². The SMILES string of the molecule is CCCN(c1ncccc1Cl)C1CCCNC1. The standard InChI is InChI=1S/C13H20ClN3/c1-2-9-17(11-5-3-7-15-10-11)13-12(14)6-4-8-16-13/h4,6,8,11,15H,2-3,5,7,9-10H2,1H3. The third-order valence-electron chi connectivity index (χ3n) is 3.19. The van der Waals surface area contributed by atoms with Crippen LogP contribution in [0, 0.1) is 0 Å². The highest BCUT2D eigenvalue weighted by atomic mass is 35.5. The zero-order chi connectivity index (χ0) is 12.1. The highest BCUT2D eigenvalue weighted by Gasteiger charge is 2.22. The van der Waals surface area contributed by atoms with Crippen molar-refractivity contribution in [1.29, 1.82) is 0 Å². The average Bonchev–Trinajstić information content (AvgIpc) is 2.38. The van der Waals surface area contributed by atoms with Gasteiger partial charge in [0.15, 0.2) is 0 Å². The fourth-order valence-corrected chi connectivity index (χ4v) is 2.62. The summed E-state index contributed by atoms with van der Waals surface area (Å²) in [6, 6.07) is 4.33. The lowest BCUT2D eigenvalue weighted by atomic mass is 10.1. The van der Waals surface area contributed by atoms with Gasteiger partial charge in [-0.25, -0.2) is 4.98 Å². The number of piperidine rings is 1. The Morgan fingerprint density at radius 2 is 2.47 bits per heavy atom. The van der Waals surface area contributed by atoms with Crippen LogP contribution in [0.2, 0.25) is 5.02 Å². The summed E-state index contributed by atoms with van der Waals surface area (Å²) in [7, 11) is 0. The van der Waals surface area contributed by atoms with Gasteiger partial charge in [-0.3, -0.25) is 0 Å². The van der Waals surface area contributed by atoms with Crippen LogP contribution in [0.25, 0.3) is 0 Å². The molecule has 0 spiro atoms. The Balaban J connectivity index is 2.18. The van der Waals surface area contributed by atoms with E-state index >= 15 is 0 Å².